The number of rotatable bonds is 0. The third kappa shape index (κ3) is 4.63. The van der Waals surface area contributed by atoms with Crippen LogP contribution in [0.1, 0.15) is 51.4 Å². The molecule has 0 bridgehead atoms. The average Bonchev–Trinajstić information content (AvgIpc) is 2.63. The van der Waals surface area contributed by atoms with Crippen LogP contribution in [-0.2, 0) is 0 Å². The van der Waals surface area contributed by atoms with Crippen LogP contribution in [0.5, 0.6) is 23.0 Å². The fourth-order valence-corrected chi connectivity index (χ4v) is 3.41. The van der Waals surface area contributed by atoms with Gasteiger partial charge in [-0.3, -0.25) is 0 Å². The summed E-state index contributed by atoms with van der Waals surface area (Å²) in [5.41, 5.74) is 0.986. The second-order valence-electron chi connectivity index (χ2n) is 6.83. The number of hydrogen-bond donors (Lipinski definition) is 2. The Bertz CT molecular complexity index is 650. The van der Waals surface area contributed by atoms with Gasteiger partial charge in [-0.2, -0.15) is 0 Å². The second-order valence-corrected chi connectivity index (χ2v) is 6.83. The Morgan fingerprint density at radius 1 is 0.538 bits per heavy atom. The van der Waals surface area contributed by atoms with E-state index in [2.05, 4.69) is 0 Å². The second kappa shape index (κ2) is 9.37. The highest BCUT2D eigenvalue weighted by Gasteiger charge is 2.20. The van der Waals surface area contributed by atoms with E-state index in [9.17, 15) is 10.2 Å². The molecule has 1 aliphatic heterocycles. The first-order valence-electron chi connectivity index (χ1n) is 9.67. The first kappa shape index (κ1) is 18.4. The van der Waals surface area contributed by atoms with Crippen molar-refractivity contribution < 1.29 is 19.7 Å². The molecular formula is C22H28O4. The summed E-state index contributed by atoms with van der Waals surface area (Å²) in [4.78, 5) is 0. The Balaban J connectivity index is 1.95. The molecule has 4 nitrogen and oxygen atoms in total. The van der Waals surface area contributed by atoms with Gasteiger partial charge in [0.25, 0.3) is 0 Å². The molecule has 0 radical (unpaired) electrons. The molecule has 140 valence electrons. The molecule has 26 heavy (non-hydrogen) atoms. The quantitative estimate of drug-likeness (QED) is 0.640. The van der Waals surface area contributed by atoms with E-state index < -0.39 is 0 Å². The maximum Gasteiger partial charge on any atom is 0.131 e. The Hall–Kier alpha value is -2.36. The Labute approximate surface area is 155 Å². The van der Waals surface area contributed by atoms with E-state index in [4.69, 9.17) is 9.47 Å². The lowest BCUT2D eigenvalue weighted by Gasteiger charge is -2.18. The standard InChI is InChI=1S/C22H28O4/c23-17-11-9-13-19-21(17)22-18(24)12-10-14-20(22)26-16-8-6-4-2-1-3-5-7-15-25-19/h9-14,23-24H,1-8,15-16H2. The highest BCUT2D eigenvalue weighted by molar-refractivity contribution is 5.85. The number of hydrogen-bond acceptors (Lipinski definition) is 4. The summed E-state index contributed by atoms with van der Waals surface area (Å²) in [5, 5.41) is 20.9. The number of ether oxygens (including phenoxy) is 2. The lowest BCUT2D eigenvalue weighted by atomic mass is 10.0. The first-order chi connectivity index (χ1) is 12.8. The predicted octanol–water partition coefficient (Wildman–Crippen LogP) is 5.66. The van der Waals surface area contributed by atoms with Gasteiger partial charge in [-0.1, -0.05) is 50.7 Å². The Kier molecular flexibility index (Phi) is 6.64. The Morgan fingerprint density at radius 3 is 1.35 bits per heavy atom. The molecule has 2 aromatic rings. The van der Waals surface area contributed by atoms with Crippen LogP contribution in [0.3, 0.4) is 0 Å². The summed E-state index contributed by atoms with van der Waals surface area (Å²) in [6, 6.07) is 10.4. The van der Waals surface area contributed by atoms with Crippen molar-refractivity contribution in [1.82, 2.24) is 0 Å². The molecule has 3 rings (SSSR count). The molecule has 1 aliphatic rings. The van der Waals surface area contributed by atoms with Gasteiger partial charge in [0.2, 0.25) is 0 Å². The molecule has 0 spiro atoms. The molecule has 0 fully saturated rings. The number of aromatic hydroxyl groups is 2. The van der Waals surface area contributed by atoms with E-state index in [-0.39, 0.29) is 11.5 Å². The highest BCUT2D eigenvalue weighted by atomic mass is 16.5. The maximum atomic E-state index is 10.5. The molecule has 0 unspecified atom stereocenters. The fourth-order valence-electron chi connectivity index (χ4n) is 3.41. The lowest BCUT2D eigenvalue weighted by Crippen LogP contribution is -2.02. The zero-order valence-electron chi connectivity index (χ0n) is 15.2. The van der Waals surface area contributed by atoms with Crippen LogP contribution in [0.2, 0.25) is 0 Å². The molecule has 4 heteroatoms. The maximum absolute atomic E-state index is 10.5. The fraction of sp³-hybridized carbons (Fsp3) is 0.455. The minimum Gasteiger partial charge on any atom is -0.507 e. The van der Waals surface area contributed by atoms with E-state index in [1.807, 2.05) is 12.1 Å². The van der Waals surface area contributed by atoms with Gasteiger partial charge in [0.1, 0.15) is 23.0 Å². The third-order valence-electron chi connectivity index (χ3n) is 4.81. The Morgan fingerprint density at radius 2 is 0.923 bits per heavy atom. The van der Waals surface area contributed by atoms with Crippen molar-refractivity contribution in [2.24, 2.45) is 0 Å². The van der Waals surface area contributed by atoms with Gasteiger partial charge in [0.15, 0.2) is 0 Å². The summed E-state index contributed by atoms with van der Waals surface area (Å²) >= 11 is 0. The van der Waals surface area contributed by atoms with Gasteiger partial charge in [-0.05, 0) is 37.1 Å². The van der Waals surface area contributed by atoms with E-state index in [1.165, 1.54) is 25.7 Å². The van der Waals surface area contributed by atoms with Crippen molar-refractivity contribution >= 4 is 0 Å². The van der Waals surface area contributed by atoms with E-state index in [1.54, 1.807) is 24.3 Å². The van der Waals surface area contributed by atoms with Crippen LogP contribution in [0.4, 0.5) is 0 Å². The highest BCUT2D eigenvalue weighted by Crippen LogP contribution is 2.46. The van der Waals surface area contributed by atoms with Crippen LogP contribution in [0, 0.1) is 0 Å². The molecular weight excluding hydrogens is 328 g/mol. The molecule has 2 N–H and O–H groups in total. The van der Waals surface area contributed by atoms with Crippen LogP contribution < -0.4 is 9.47 Å². The van der Waals surface area contributed by atoms with Crippen molar-refractivity contribution in [2.45, 2.75) is 51.4 Å². The third-order valence-corrected chi connectivity index (χ3v) is 4.81. The van der Waals surface area contributed by atoms with Crippen LogP contribution in [0.15, 0.2) is 36.4 Å². The van der Waals surface area contributed by atoms with Gasteiger partial charge >= 0.3 is 0 Å². The number of phenols is 2. The van der Waals surface area contributed by atoms with Crippen LogP contribution >= 0.6 is 0 Å². The van der Waals surface area contributed by atoms with E-state index in [0.29, 0.717) is 35.8 Å². The summed E-state index contributed by atoms with van der Waals surface area (Å²) < 4.78 is 11.9. The van der Waals surface area contributed by atoms with Crippen LogP contribution in [-0.4, -0.2) is 23.4 Å². The minimum absolute atomic E-state index is 0.0787. The molecule has 1 heterocycles. The predicted molar refractivity (Wildman–Crippen MR) is 103 cm³/mol. The smallest absolute Gasteiger partial charge is 0.131 e. The molecule has 0 saturated heterocycles. The van der Waals surface area contributed by atoms with E-state index >= 15 is 0 Å². The minimum atomic E-state index is 0.0787. The number of fused-ring (bicyclic) bond motifs is 3. The topological polar surface area (TPSA) is 58.9 Å². The van der Waals surface area contributed by atoms with Crippen molar-refractivity contribution in [1.29, 1.82) is 0 Å². The van der Waals surface area contributed by atoms with Gasteiger partial charge < -0.3 is 19.7 Å². The molecule has 2 aromatic carbocycles. The van der Waals surface area contributed by atoms with Crippen molar-refractivity contribution in [3.63, 3.8) is 0 Å². The van der Waals surface area contributed by atoms with Crippen molar-refractivity contribution in [3.8, 4) is 34.1 Å². The first-order valence-corrected chi connectivity index (χ1v) is 9.67. The van der Waals surface area contributed by atoms with Gasteiger partial charge in [-0.15, -0.1) is 0 Å². The molecule has 0 atom stereocenters. The van der Waals surface area contributed by atoms with Crippen LogP contribution in [0.25, 0.3) is 11.1 Å². The summed E-state index contributed by atoms with van der Waals surface area (Å²) in [6.07, 6.45) is 9.28. The molecule has 0 saturated carbocycles. The van der Waals surface area contributed by atoms with Gasteiger partial charge in [0.05, 0.1) is 24.3 Å². The molecule has 0 aromatic heterocycles. The SMILES string of the molecule is Oc1cccc2c1-c1c(O)cccc1OCCCCCCCCCCO2. The van der Waals surface area contributed by atoms with E-state index in [0.717, 1.165) is 25.7 Å². The normalized spacial score (nSPS) is 16.6. The van der Waals surface area contributed by atoms with Gasteiger partial charge in [0, 0.05) is 0 Å². The van der Waals surface area contributed by atoms with Crippen molar-refractivity contribution in [2.75, 3.05) is 13.2 Å². The molecule has 0 aliphatic carbocycles. The summed E-state index contributed by atoms with van der Waals surface area (Å²) in [5.74, 6) is 1.30. The summed E-state index contributed by atoms with van der Waals surface area (Å²) in [6.45, 7) is 1.19. The molecule has 0 amide bonds. The van der Waals surface area contributed by atoms with Gasteiger partial charge in [-0.25, -0.2) is 0 Å². The zero-order chi connectivity index (χ0) is 18.2. The van der Waals surface area contributed by atoms with Crippen molar-refractivity contribution in [3.05, 3.63) is 36.4 Å². The largest absolute Gasteiger partial charge is 0.507 e. The summed E-state index contributed by atoms with van der Waals surface area (Å²) in [7, 11) is 0. The zero-order valence-corrected chi connectivity index (χ0v) is 15.2. The number of benzene rings is 2. The average molecular weight is 356 g/mol. The lowest BCUT2D eigenvalue weighted by molar-refractivity contribution is 0.296. The number of phenolic OH excluding ortho intramolecular Hbond substituents is 2. The monoisotopic (exact) mass is 356 g/mol.